The first-order valence-electron chi connectivity index (χ1n) is 12.0. The zero-order valence-corrected chi connectivity index (χ0v) is 23.3. The van der Waals surface area contributed by atoms with Gasteiger partial charge in [0, 0.05) is 17.1 Å². The highest BCUT2D eigenvalue weighted by atomic mass is 79.9. The first-order chi connectivity index (χ1) is 17.1. The van der Waals surface area contributed by atoms with Crippen molar-refractivity contribution in [2.75, 3.05) is 24.2 Å². The fraction of sp³-hybridized carbons (Fsp3) is 0.462. The van der Waals surface area contributed by atoms with Crippen LogP contribution in [0.3, 0.4) is 0 Å². The number of hydrogen-bond donors (Lipinski definition) is 1. The van der Waals surface area contributed by atoms with E-state index in [-0.39, 0.29) is 18.5 Å². The van der Waals surface area contributed by atoms with Crippen molar-refractivity contribution in [1.82, 2.24) is 10.2 Å². The van der Waals surface area contributed by atoms with Crippen molar-refractivity contribution in [3.8, 4) is 5.75 Å². The number of ether oxygens (including phenoxy) is 1. The van der Waals surface area contributed by atoms with Gasteiger partial charge >= 0.3 is 0 Å². The number of carbonyl (C=O) groups excluding carboxylic acids is 2. The van der Waals surface area contributed by atoms with Gasteiger partial charge in [-0.3, -0.25) is 13.9 Å². The third-order valence-electron chi connectivity index (χ3n) is 6.40. The number of nitrogens with one attached hydrogen (secondary N) is 1. The molecule has 1 aliphatic rings. The van der Waals surface area contributed by atoms with E-state index in [0.29, 0.717) is 11.4 Å². The Balaban J connectivity index is 1.87. The number of methoxy groups -OCH3 is 1. The summed E-state index contributed by atoms with van der Waals surface area (Å²) in [6, 6.07) is 13.2. The fourth-order valence-electron chi connectivity index (χ4n) is 4.34. The SMILES string of the molecule is COc1cccc(CN(C(=O)CN(c2ccc(Br)cc2)S(C)(=O)=O)[C@H](C)C(=O)NC2CCCCC2)c1. The molecule has 0 unspecified atom stereocenters. The maximum atomic E-state index is 13.6. The highest BCUT2D eigenvalue weighted by Gasteiger charge is 2.31. The molecule has 1 fully saturated rings. The van der Waals surface area contributed by atoms with E-state index in [1.807, 2.05) is 12.1 Å². The molecule has 1 saturated carbocycles. The summed E-state index contributed by atoms with van der Waals surface area (Å²) in [5.74, 6) is -0.0861. The third-order valence-corrected chi connectivity index (χ3v) is 8.07. The van der Waals surface area contributed by atoms with Crippen LogP contribution in [0.15, 0.2) is 53.0 Å². The maximum Gasteiger partial charge on any atom is 0.244 e. The van der Waals surface area contributed by atoms with Gasteiger partial charge in [-0.2, -0.15) is 0 Å². The van der Waals surface area contributed by atoms with Crippen LogP contribution in [-0.2, 0) is 26.2 Å². The molecule has 1 atom stereocenters. The first-order valence-corrected chi connectivity index (χ1v) is 14.7. The highest BCUT2D eigenvalue weighted by Crippen LogP contribution is 2.23. The standard InChI is InChI=1S/C26H34BrN3O5S/c1-19(26(32)28-22-9-5-4-6-10-22)29(17-20-8-7-11-24(16-20)35-2)25(31)18-30(36(3,33)34)23-14-12-21(27)13-15-23/h7-8,11-16,19,22H,4-6,9-10,17-18H2,1-3H3,(H,28,32)/t19-/m1/s1. The summed E-state index contributed by atoms with van der Waals surface area (Å²) in [4.78, 5) is 28.3. The van der Waals surface area contributed by atoms with E-state index in [4.69, 9.17) is 4.74 Å². The third kappa shape index (κ3) is 7.70. The predicted octanol–water partition coefficient (Wildman–Crippen LogP) is 4.09. The molecule has 2 aromatic carbocycles. The van der Waals surface area contributed by atoms with Crippen LogP contribution < -0.4 is 14.4 Å². The van der Waals surface area contributed by atoms with E-state index >= 15 is 0 Å². The molecule has 10 heteroatoms. The molecule has 2 amide bonds. The average molecular weight is 581 g/mol. The summed E-state index contributed by atoms with van der Waals surface area (Å²) in [6.45, 7) is 1.39. The number of nitrogens with zero attached hydrogens (tertiary/aromatic N) is 2. The summed E-state index contributed by atoms with van der Waals surface area (Å²) in [5.41, 5.74) is 1.14. The van der Waals surface area contributed by atoms with Gasteiger partial charge in [0.1, 0.15) is 18.3 Å². The summed E-state index contributed by atoms with van der Waals surface area (Å²) < 4.78 is 32.4. The van der Waals surface area contributed by atoms with Crippen molar-refractivity contribution in [2.45, 2.75) is 57.7 Å². The van der Waals surface area contributed by atoms with Crippen molar-refractivity contribution >= 4 is 43.5 Å². The number of sulfonamides is 1. The largest absolute Gasteiger partial charge is 0.497 e. The molecule has 8 nitrogen and oxygen atoms in total. The normalized spacial score (nSPS) is 15.1. The van der Waals surface area contributed by atoms with Gasteiger partial charge in [0.2, 0.25) is 21.8 Å². The summed E-state index contributed by atoms with van der Waals surface area (Å²) >= 11 is 3.35. The van der Waals surface area contributed by atoms with Crippen LogP contribution in [0.5, 0.6) is 5.75 Å². The Hall–Kier alpha value is -2.59. The Kier molecular flexibility index (Phi) is 9.78. The Morgan fingerprint density at radius 3 is 2.39 bits per heavy atom. The zero-order chi connectivity index (χ0) is 26.3. The molecule has 0 spiro atoms. The number of benzene rings is 2. The first kappa shape index (κ1) is 28.0. The molecule has 0 bridgehead atoms. The van der Waals surface area contributed by atoms with Crippen molar-refractivity contribution in [2.24, 2.45) is 0 Å². The van der Waals surface area contributed by atoms with Crippen LogP contribution in [0.1, 0.15) is 44.6 Å². The van der Waals surface area contributed by atoms with E-state index in [2.05, 4.69) is 21.2 Å². The topological polar surface area (TPSA) is 96.0 Å². The minimum absolute atomic E-state index is 0.0951. The summed E-state index contributed by atoms with van der Waals surface area (Å²) in [5, 5.41) is 3.09. The van der Waals surface area contributed by atoms with Crippen LogP contribution in [0.25, 0.3) is 0 Å². The van der Waals surface area contributed by atoms with Crippen molar-refractivity contribution in [3.05, 3.63) is 58.6 Å². The van der Waals surface area contributed by atoms with Crippen molar-refractivity contribution < 1.29 is 22.7 Å². The Morgan fingerprint density at radius 1 is 1.11 bits per heavy atom. The quantitative estimate of drug-likeness (QED) is 0.457. The molecular formula is C26H34BrN3O5S. The molecular weight excluding hydrogens is 546 g/mol. The van der Waals surface area contributed by atoms with Crippen LogP contribution in [0.4, 0.5) is 5.69 Å². The predicted molar refractivity (Wildman–Crippen MR) is 144 cm³/mol. The molecule has 1 N–H and O–H groups in total. The fourth-order valence-corrected chi connectivity index (χ4v) is 5.45. The number of anilines is 1. The highest BCUT2D eigenvalue weighted by molar-refractivity contribution is 9.10. The average Bonchev–Trinajstić information content (AvgIpc) is 2.86. The van der Waals surface area contributed by atoms with Gasteiger partial charge in [-0.05, 0) is 61.7 Å². The molecule has 2 aromatic rings. The molecule has 0 aromatic heterocycles. The molecule has 0 aliphatic heterocycles. The molecule has 1 aliphatic carbocycles. The van der Waals surface area contributed by atoms with Gasteiger partial charge in [-0.1, -0.05) is 47.3 Å². The second-order valence-corrected chi connectivity index (χ2v) is 12.0. The second kappa shape index (κ2) is 12.6. The van der Waals surface area contributed by atoms with Gasteiger partial charge in [0.05, 0.1) is 19.1 Å². The van der Waals surface area contributed by atoms with Gasteiger partial charge in [0.15, 0.2) is 0 Å². The van der Waals surface area contributed by atoms with Gasteiger partial charge in [0.25, 0.3) is 0 Å². The maximum absolute atomic E-state index is 13.6. The molecule has 0 heterocycles. The lowest BCUT2D eigenvalue weighted by atomic mass is 9.95. The van der Waals surface area contributed by atoms with E-state index in [1.54, 1.807) is 50.4 Å². The number of halogens is 1. The number of amides is 2. The lowest BCUT2D eigenvalue weighted by molar-refractivity contribution is -0.139. The van der Waals surface area contributed by atoms with Crippen molar-refractivity contribution in [1.29, 1.82) is 0 Å². The van der Waals surface area contributed by atoms with Gasteiger partial charge < -0.3 is 15.0 Å². The second-order valence-electron chi connectivity index (χ2n) is 9.14. The number of carbonyl (C=O) groups is 2. The minimum atomic E-state index is -3.76. The lowest BCUT2D eigenvalue weighted by Gasteiger charge is -2.33. The summed E-state index contributed by atoms with van der Waals surface area (Å²) in [6.07, 6.45) is 6.22. The van der Waals surface area contributed by atoms with Crippen molar-refractivity contribution in [3.63, 3.8) is 0 Å². The van der Waals surface area contributed by atoms with E-state index in [9.17, 15) is 18.0 Å². The van der Waals surface area contributed by atoms with Crippen LogP contribution >= 0.6 is 15.9 Å². The molecule has 0 radical (unpaired) electrons. The Morgan fingerprint density at radius 2 is 1.78 bits per heavy atom. The molecule has 196 valence electrons. The van der Waals surface area contributed by atoms with Crippen LogP contribution in [0, 0.1) is 0 Å². The van der Waals surface area contributed by atoms with Gasteiger partial charge in [-0.15, -0.1) is 0 Å². The summed E-state index contributed by atoms with van der Waals surface area (Å²) in [7, 11) is -2.20. The lowest BCUT2D eigenvalue weighted by Crippen LogP contribution is -2.52. The van der Waals surface area contributed by atoms with E-state index in [0.717, 1.165) is 46.3 Å². The zero-order valence-electron chi connectivity index (χ0n) is 20.9. The smallest absolute Gasteiger partial charge is 0.244 e. The minimum Gasteiger partial charge on any atom is -0.497 e. The van der Waals surface area contributed by atoms with Gasteiger partial charge in [-0.25, -0.2) is 8.42 Å². The van der Waals surface area contributed by atoms with Crippen LogP contribution in [-0.4, -0.2) is 57.1 Å². The molecule has 0 saturated heterocycles. The number of rotatable bonds is 10. The molecule has 3 rings (SSSR count). The van der Waals surface area contributed by atoms with E-state index < -0.39 is 28.5 Å². The van der Waals surface area contributed by atoms with E-state index in [1.165, 1.54) is 11.3 Å². The Labute approximate surface area is 222 Å². The van der Waals surface area contributed by atoms with Crippen LogP contribution in [0.2, 0.25) is 0 Å². The number of hydrogen-bond acceptors (Lipinski definition) is 5. The molecule has 36 heavy (non-hydrogen) atoms. The Bertz CT molecular complexity index is 1150. The monoisotopic (exact) mass is 579 g/mol.